The quantitative estimate of drug-likeness (QED) is 0.613. The summed E-state index contributed by atoms with van der Waals surface area (Å²) in [4.78, 5) is 29.8. The minimum absolute atomic E-state index is 0.00553. The molecule has 2 heterocycles. The average molecular weight is 450 g/mol. The van der Waals surface area contributed by atoms with E-state index in [2.05, 4.69) is 5.32 Å². The number of hydrogen-bond donors (Lipinski definition) is 1. The second-order valence-corrected chi connectivity index (χ2v) is 9.24. The van der Waals surface area contributed by atoms with Crippen molar-refractivity contribution in [2.75, 3.05) is 37.5 Å². The van der Waals surface area contributed by atoms with Gasteiger partial charge >= 0.3 is 0 Å². The number of rotatable bonds is 8. The molecule has 0 bridgehead atoms. The second kappa shape index (κ2) is 10.3. The summed E-state index contributed by atoms with van der Waals surface area (Å²) in [6.07, 6.45) is 2.03. The Kier molecular flexibility index (Phi) is 7.75. The molecule has 1 N–H and O–H groups in total. The standard InChI is InChI=1S/C22H28ClN3O3S/c1-15(23)21(27)24-17-8-9-19(25(2)3)16(12-17)13-26(14-18-6-4-10-29-18)22(28)20-7-5-11-30-20/h5,7-9,11-12,15,18H,4,6,10,13-14H2,1-3H3,(H,24,27). The van der Waals surface area contributed by atoms with Gasteiger partial charge in [0, 0.05) is 45.2 Å². The zero-order valence-electron chi connectivity index (χ0n) is 17.6. The zero-order chi connectivity index (χ0) is 21.7. The number of anilines is 2. The minimum atomic E-state index is -0.626. The van der Waals surface area contributed by atoms with Crippen LogP contribution in [-0.4, -0.2) is 55.4 Å². The first-order chi connectivity index (χ1) is 14.3. The summed E-state index contributed by atoms with van der Waals surface area (Å²) >= 11 is 7.33. The van der Waals surface area contributed by atoms with Crippen LogP contribution in [0.3, 0.4) is 0 Å². The Balaban J connectivity index is 1.88. The Morgan fingerprint density at radius 1 is 1.33 bits per heavy atom. The van der Waals surface area contributed by atoms with Crippen LogP contribution >= 0.6 is 22.9 Å². The highest BCUT2D eigenvalue weighted by Crippen LogP contribution is 2.27. The Bertz CT molecular complexity index is 865. The number of nitrogens with one attached hydrogen (secondary N) is 1. The van der Waals surface area contributed by atoms with Crippen LogP contribution in [0.1, 0.15) is 35.0 Å². The number of benzene rings is 1. The number of carbonyl (C=O) groups excluding carboxylic acids is 2. The van der Waals surface area contributed by atoms with Crippen LogP contribution in [0.2, 0.25) is 0 Å². The molecule has 6 nitrogen and oxygen atoms in total. The van der Waals surface area contributed by atoms with Gasteiger partial charge in [-0.1, -0.05) is 6.07 Å². The normalized spacial score (nSPS) is 16.9. The van der Waals surface area contributed by atoms with Crippen molar-refractivity contribution in [3.05, 3.63) is 46.2 Å². The molecule has 8 heteroatoms. The van der Waals surface area contributed by atoms with Gasteiger partial charge in [-0.15, -0.1) is 22.9 Å². The third-order valence-corrected chi connectivity index (χ3v) is 6.07. The molecule has 0 aliphatic carbocycles. The molecule has 2 atom stereocenters. The molecule has 1 aliphatic rings. The first kappa shape index (κ1) is 22.6. The molecule has 30 heavy (non-hydrogen) atoms. The van der Waals surface area contributed by atoms with E-state index in [0.29, 0.717) is 23.7 Å². The Morgan fingerprint density at radius 2 is 2.13 bits per heavy atom. The first-order valence-electron chi connectivity index (χ1n) is 10.0. The van der Waals surface area contributed by atoms with Crippen LogP contribution in [0.5, 0.6) is 0 Å². The third kappa shape index (κ3) is 5.74. The summed E-state index contributed by atoms with van der Waals surface area (Å²) < 4.78 is 5.80. The summed E-state index contributed by atoms with van der Waals surface area (Å²) in [6, 6.07) is 9.44. The van der Waals surface area contributed by atoms with Gasteiger partial charge in [-0.2, -0.15) is 0 Å². The molecule has 162 valence electrons. The van der Waals surface area contributed by atoms with E-state index in [4.69, 9.17) is 16.3 Å². The number of alkyl halides is 1. The largest absolute Gasteiger partial charge is 0.377 e. The van der Waals surface area contributed by atoms with Gasteiger partial charge in [0.05, 0.1) is 11.0 Å². The van der Waals surface area contributed by atoms with E-state index < -0.39 is 5.38 Å². The maximum absolute atomic E-state index is 13.2. The fraction of sp³-hybridized carbons (Fsp3) is 0.455. The van der Waals surface area contributed by atoms with Crippen LogP contribution in [0.25, 0.3) is 0 Å². The predicted octanol–water partition coefficient (Wildman–Crippen LogP) is 4.20. The number of ether oxygens (including phenoxy) is 1. The van der Waals surface area contributed by atoms with E-state index in [1.165, 1.54) is 11.3 Å². The molecule has 3 rings (SSSR count). The number of amides is 2. The van der Waals surface area contributed by atoms with Crippen LogP contribution in [0.15, 0.2) is 35.7 Å². The lowest BCUT2D eigenvalue weighted by molar-refractivity contribution is -0.115. The smallest absolute Gasteiger partial charge is 0.264 e. The fourth-order valence-corrected chi connectivity index (χ4v) is 4.23. The molecule has 1 aromatic heterocycles. The molecule has 0 saturated carbocycles. The molecule has 2 amide bonds. The molecule has 1 aromatic carbocycles. The van der Waals surface area contributed by atoms with Gasteiger partial charge in [0.25, 0.3) is 5.91 Å². The van der Waals surface area contributed by atoms with Crippen LogP contribution < -0.4 is 10.2 Å². The van der Waals surface area contributed by atoms with Crippen molar-refractivity contribution in [1.82, 2.24) is 4.90 Å². The van der Waals surface area contributed by atoms with Crippen molar-refractivity contribution in [2.24, 2.45) is 0 Å². The lowest BCUT2D eigenvalue weighted by Crippen LogP contribution is -2.37. The Morgan fingerprint density at radius 3 is 2.73 bits per heavy atom. The Hall–Kier alpha value is -2.09. The van der Waals surface area contributed by atoms with E-state index in [9.17, 15) is 9.59 Å². The molecular formula is C22H28ClN3O3S. The molecule has 2 unspecified atom stereocenters. The lowest BCUT2D eigenvalue weighted by Gasteiger charge is -2.28. The molecule has 0 spiro atoms. The number of hydrogen-bond acceptors (Lipinski definition) is 5. The summed E-state index contributed by atoms with van der Waals surface area (Å²) in [5.74, 6) is -0.264. The maximum atomic E-state index is 13.2. The van der Waals surface area contributed by atoms with Gasteiger partial charge in [0.2, 0.25) is 5.91 Å². The van der Waals surface area contributed by atoms with Gasteiger partial charge in [0.1, 0.15) is 5.38 Å². The van der Waals surface area contributed by atoms with Crippen molar-refractivity contribution in [2.45, 2.75) is 37.8 Å². The number of nitrogens with zero attached hydrogens (tertiary/aromatic N) is 2. The second-order valence-electron chi connectivity index (χ2n) is 7.64. The maximum Gasteiger partial charge on any atom is 0.264 e. The average Bonchev–Trinajstić information content (AvgIpc) is 3.41. The van der Waals surface area contributed by atoms with E-state index in [1.807, 2.05) is 59.6 Å². The van der Waals surface area contributed by atoms with Crippen LogP contribution in [0.4, 0.5) is 11.4 Å². The van der Waals surface area contributed by atoms with Gasteiger partial charge in [-0.3, -0.25) is 9.59 Å². The SMILES string of the molecule is CC(Cl)C(=O)Nc1ccc(N(C)C)c(CN(CC2CCCO2)C(=O)c2cccs2)c1. The number of thiophene rings is 1. The lowest BCUT2D eigenvalue weighted by atomic mass is 10.1. The molecule has 1 aliphatic heterocycles. The number of carbonyl (C=O) groups is 2. The van der Waals surface area contributed by atoms with E-state index in [1.54, 1.807) is 6.92 Å². The van der Waals surface area contributed by atoms with E-state index >= 15 is 0 Å². The van der Waals surface area contributed by atoms with Crippen molar-refractivity contribution < 1.29 is 14.3 Å². The van der Waals surface area contributed by atoms with Crippen molar-refractivity contribution >= 4 is 46.1 Å². The third-order valence-electron chi connectivity index (χ3n) is 5.02. The molecule has 1 fully saturated rings. The summed E-state index contributed by atoms with van der Waals surface area (Å²) in [6.45, 7) is 3.34. The highest BCUT2D eigenvalue weighted by atomic mass is 35.5. The van der Waals surface area contributed by atoms with Crippen molar-refractivity contribution in [3.8, 4) is 0 Å². The summed E-state index contributed by atoms with van der Waals surface area (Å²) in [7, 11) is 3.92. The van der Waals surface area contributed by atoms with Gasteiger partial charge < -0.3 is 19.9 Å². The minimum Gasteiger partial charge on any atom is -0.377 e. The summed E-state index contributed by atoms with van der Waals surface area (Å²) in [5, 5.41) is 4.12. The van der Waals surface area contributed by atoms with Gasteiger partial charge in [-0.05, 0) is 55.0 Å². The van der Waals surface area contributed by atoms with Crippen molar-refractivity contribution in [3.63, 3.8) is 0 Å². The highest BCUT2D eigenvalue weighted by molar-refractivity contribution is 7.12. The highest BCUT2D eigenvalue weighted by Gasteiger charge is 2.25. The first-order valence-corrected chi connectivity index (χ1v) is 11.4. The predicted molar refractivity (Wildman–Crippen MR) is 123 cm³/mol. The van der Waals surface area contributed by atoms with Crippen LogP contribution in [0, 0.1) is 0 Å². The number of halogens is 1. The van der Waals surface area contributed by atoms with Crippen molar-refractivity contribution in [1.29, 1.82) is 0 Å². The molecule has 0 radical (unpaired) electrons. The van der Waals surface area contributed by atoms with Crippen LogP contribution in [-0.2, 0) is 16.1 Å². The van der Waals surface area contributed by atoms with E-state index in [0.717, 1.165) is 30.7 Å². The Labute approximate surface area is 186 Å². The topological polar surface area (TPSA) is 61.9 Å². The van der Waals surface area contributed by atoms with Gasteiger partial charge in [-0.25, -0.2) is 0 Å². The van der Waals surface area contributed by atoms with E-state index in [-0.39, 0.29) is 17.9 Å². The molecule has 1 saturated heterocycles. The summed E-state index contributed by atoms with van der Waals surface area (Å²) in [5.41, 5.74) is 2.60. The van der Waals surface area contributed by atoms with Gasteiger partial charge in [0.15, 0.2) is 0 Å². The molecule has 2 aromatic rings. The molecular weight excluding hydrogens is 422 g/mol. The zero-order valence-corrected chi connectivity index (χ0v) is 19.1. The fourth-order valence-electron chi connectivity index (χ4n) is 3.48. The monoisotopic (exact) mass is 449 g/mol.